The molecule has 0 aromatic rings. The van der Waals surface area contributed by atoms with Crippen LogP contribution in [-0.4, -0.2) is 16.7 Å². The molecule has 1 fully saturated rings. The number of thiol groups is 1. The van der Waals surface area contributed by atoms with Crippen LogP contribution in [-0.2, 0) is 4.79 Å². The fourth-order valence-corrected chi connectivity index (χ4v) is 1.75. The summed E-state index contributed by atoms with van der Waals surface area (Å²) < 4.78 is 0. The minimum atomic E-state index is -0.192. The van der Waals surface area contributed by atoms with Crippen LogP contribution >= 0.6 is 12.6 Å². The molecule has 0 saturated heterocycles. The highest BCUT2D eigenvalue weighted by Gasteiger charge is 2.30. The molecule has 0 bridgehead atoms. The first-order valence-corrected chi connectivity index (χ1v) is 5.05. The highest BCUT2D eigenvalue weighted by atomic mass is 32.1. The Morgan fingerprint density at radius 1 is 1.50 bits per heavy atom. The molecule has 1 saturated carbocycles. The van der Waals surface area contributed by atoms with Gasteiger partial charge in [-0.1, -0.05) is 12.8 Å². The van der Waals surface area contributed by atoms with Gasteiger partial charge in [-0.25, -0.2) is 0 Å². The summed E-state index contributed by atoms with van der Waals surface area (Å²) in [5.74, 6) is 0.0581. The summed E-state index contributed by atoms with van der Waals surface area (Å²) in [6.07, 6.45) is 4.69. The molecule has 1 aliphatic rings. The highest BCUT2D eigenvalue weighted by molar-refractivity contribution is 7.81. The Morgan fingerprint density at radius 3 is 2.42 bits per heavy atom. The first-order valence-electron chi connectivity index (χ1n) is 4.54. The van der Waals surface area contributed by atoms with Gasteiger partial charge < -0.3 is 5.32 Å². The number of nitrogens with one attached hydrogen (secondary N) is 1. The van der Waals surface area contributed by atoms with Crippen LogP contribution < -0.4 is 5.32 Å². The SMILES string of the molecule is CC(S)C(=O)NC1(C)CCCC1. The van der Waals surface area contributed by atoms with E-state index in [1.165, 1.54) is 12.8 Å². The number of hydrogen-bond acceptors (Lipinski definition) is 2. The van der Waals surface area contributed by atoms with Gasteiger partial charge in [0.05, 0.1) is 5.25 Å². The van der Waals surface area contributed by atoms with Crippen LogP contribution in [0, 0.1) is 0 Å². The second-order valence-corrected chi connectivity index (χ2v) is 4.71. The summed E-state index contributed by atoms with van der Waals surface area (Å²) in [4.78, 5) is 11.3. The maximum Gasteiger partial charge on any atom is 0.232 e. The van der Waals surface area contributed by atoms with E-state index >= 15 is 0 Å². The van der Waals surface area contributed by atoms with E-state index in [-0.39, 0.29) is 16.7 Å². The van der Waals surface area contributed by atoms with Gasteiger partial charge in [-0.3, -0.25) is 4.79 Å². The standard InChI is InChI=1S/C9H17NOS/c1-7(12)8(11)10-9(2)5-3-4-6-9/h7,12H,3-6H2,1-2H3,(H,10,11). The summed E-state index contributed by atoms with van der Waals surface area (Å²) in [6.45, 7) is 3.92. The van der Waals surface area contributed by atoms with Crippen molar-refractivity contribution in [3.63, 3.8) is 0 Å². The lowest BCUT2D eigenvalue weighted by Crippen LogP contribution is -2.46. The largest absolute Gasteiger partial charge is 0.350 e. The topological polar surface area (TPSA) is 29.1 Å². The van der Waals surface area contributed by atoms with Crippen LogP contribution in [0.2, 0.25) is 0 Å². The van der Waals surface area contributed by atoms with Gasteiger partial charge in [-0.15, -0.1) is 0 Å². The first-order chi connectivity index (χ1) is 5.53. The van der Waals surface area contributed by atoms with E-state index in [4.69, 9.17) is 0 Å². The third kappa shape index (κ3) is 2.41. The monoisotopic (exact) mass is 187 g/mol. The van der Waals surface area contributed by atoms with E-state index < -0.39 is 0 Å². The van der Waals surface area contributed by atoms with Crippen LogP contribution in [0.3, 0.4) is 0 Å². The Labute approximate surface area is 79.5 Å². The van der Waals surface area contributed by atoms with Crippen molar-refractivity contribution in [3.05, 3.63) is 0 Å². The van der Waals surface area contributed by atoms with Crippen LogP contribution in [0.1, 0.15) is 39.5 Å². The van der Waals surface area contributed by atoms with Crippen molar-refractivity contribution in [1.29, 1.82) is 0 Å². The molecular formula is C9H17NOS. The van der Waals surface area contributed by atoms with Crippen molar-refractivity contribution in [1.82, 2.24) is 5.32 Å². The minimum absolute atomic E-state index is 0.0497. The Morgan fingerprint density at radius 2 is 2.00 bits per heavy atom. The smallest absolute Gasteiger partial charge is 0.232 e. The van der Waals surface area contributed by atoms with Gasteiger partial charge in [0.1, 0.15) is 0 Å². The predicted octanol–water partition coefficient (Wildman–Crippen LogP) is 1.75. The van der Waals surface area contributed by atoms with Crippen molar-refractivity contribution in [3.8, 4) is 0 Å². The minimum Gasteiger partial charge on any atom is -0.350 e. The summed E-state index contributed by atoms with van der Waals surface area (Å²) >= 11 is 4.09. The normalized spacial score (nSPS) is 23.6. The van der Waals surface area contributed by atoms with E-state index in [1.807, 2.05) is 0 Å². The molecule has 0 aromatic heterocycles. The Hall–Kier alpha value is -0.180. The fourth-order valence-electron chi connectivity index (χ4n) is 1.68. The van der Waals surface area contributed by atoms with Crippen LogP contribution in [0.5, 0.6) is 0 Å². The van der Waals surface area contributed by atoms with Crippen LogP contribution in [0.4, 0.5) is 0 Å². The third-order valence-corrected chi connectivity index (χ3v) is 2.75. The van der Waals surface area contributed by atoms with Gasteiger partial charge in [0.15, 0.2) is 0 Å². The fraction of sp³-hybridized carbons (Fsp3) is 0.889. The van der Waals surface area contributed by atoms with Crippen LogP contribution in [0.25, 0.3) is 0 Å². The predicted molar refractivity (Wildman–Crippen MR) is 53.5 cm³/mol. The molecule has 70 valence electrons. The van der Waals surface area contributed by atoms with Gasteiger partial charge >= 0.3 is 0 Å². The molecule has 0 heterocycles. The number of carbonyl (C=O) groups excluding carboxylic acids is 1. The number of carbonyl (C=O) groups is 1. The maximum atomic E-state index is 11.3. The molecule has 1 rings (SSSR count). The lowest BCUT2D eigenvalue weighted by molar-refractivity contribution is -0.121. The summed E-state index contributed by atoms with van der Waals surface area (Å²) in [7, 11) is 0. The first kappa shape index (κ1) is 9.90. The number of rotatable bonds is 2. The average molecular weight is 187 g/mol. The molecule has 1 amide bonds. The molecule has 1 atom stereocenters. The molecule has 1 N–H and O–H groups in total. The molecule has 1 aliphatic carbocycles. The molecule has 1 unspecified atom stereocenters. The lowest BCUT2D eigenvalue weighted by atomic mass is 10.0. The van der Waals surface area contributed by atoms with Crippen LogP contribution in [0.15, 0.2) is 0 Å². The van der Waals surface area contributed by atoms with Gasteiger partial charge in [-0.05, 0) is 26.7 Å². The van der Waals surface area contributed by atoms with E-state index in [1.54, 1.807) is 6.92 Å². The van der Waals surface area contributed by atoms with Gasteiger partial charge in [0.25, 0.3) is 0 Å². The molecule has 0 radical (unpaired) electrons. The summed E-state index contributed by atoms with van der Waals surface area (Å²) in [5.41, 5.74) is 0.0497. The molecule has 0 aliphatic heterocycles. The molecule has 0 aromatic carbocycles. The number of amides is 1. The van der Waals surface area contributed by atoms with Gasteiger partial charge in [-0.2, -0.15) is 12.6 Å². The van der Waals surface area contributed by atoms with Gasteiger partial charge in [0.2, 0.25) is 5.91 Å². The zero-order valence-electron chi connectivity index (χ0n) is 7.76. The molecule has 0 spiro atoms. The van der Waals surface area contributed by atoms with E-state index in [2.05, 4.69) is 24.9 Å². The van der Waals surface area contributed by atoms with Crippen molar-refractivity contribution in [2.24, 2.45) is 0 Å². The Kier molecular flexibility index (Phi) is 3.04. The third-order valence-electron chi connectivity index (χ3n) is 2.51. The molecule has 2 nitrogen and oxygen atoms in total. The molecule has 3 heteroatoms. The maximum absolute atomic E-state index is 11.3. The summed E-state index contributed by atoms with van der Waals surface area (Å²) in [6, 6.07) is 0. The Bertz CT molecular complexity index is 173. The highest BCUT2D eigenvalue weighted by Crippen LogP contribution is 2.28. The van der Waals surface area contributed by atoms with Crippen molar-refractivity contribution in [2.75, 3.05) is 0 Å². The zero-order chi connectivity index (χ0) is 9.19. The second kappa shape index (κ2) is 3.69. The summed E-state index contributed by atoms with van der Waals surface area (Å²) in [5, 5.41) is 2.85. The Balaban J connectivity index is 2.44. The van der Waals surface area contributed by atoms with E-state index in [9.17, 15) is 4.79 Å². The zero-order valence-corrected chi connectivity index (χ0v) is 8.66. The van der Waals surface area contributed by atoms with E-state index in [0.717, 1.165) is 12.8 Å². The average Bonchev–Trinajstić information content (AvgIpc) is 2.35. The lowest BCUT2D eigenvalue weighted by Gasteiger charge is -2.26. The van der Waals surface area contributed by atoms with Crippen molar-refractivity contribution in [2.45, 2.75) is 50.3 Å². The van der Waals surface area contributed by atoms with E-state index in [0.29, 0.717) is 0 Å². The molecular weight excluding hydrogens is 170 g/mol. The quantitative estimate of drug-likeness (QED) is 0.634. The van der Waals surface area contributed by atoms with Gasteiger partial charge in [0, 0.05) is 5.54 Å². The van der Waals surface area contributed by atoms with Crippen molar-refractivity contribution >= 4 is 18.5 Å². The molecule has 12 heavy (non-hydrogen) atoms. The second-order valence-electron chi connectivity index (χ2n) is 3.93. The number of hydrogen-bond donors (Lipinski definition) is 2. The van der Waals surface area contributed by atoms with Crippen molar-refractivity contribution < 1.29 is 4.79 Å².